The molecule has 0 aliphatic heterocycles. The molecule has 40 heavy (non-hydrogen) atoms. The van der Waals surface area contributed by atoms with Gasteiger partial charge in [0.05, 0.1) is 35.6 Å². The average Bonchev–Trinajstić information content (AvgIpc) is 3.25. The molecule has 1 heterocycles. The number of amides is 3. The Morgan fingerprint density at radius 1 is 1.07 bits per heavy atom. The van der Waals surface area contributed by atoms with E-state index < -0.39 is 17.6 Å². The molecule has 0 radical (unpaired) electrons. The molecule has 0 saturated carbocycles. The highest BCUT2D eigenvalue weighted by atomic mass is 35.5. The van der Waals surface area contributed by atoms with Crippen LogP contribution in [0.25, 0.3) is 11.3 Å². The summed E-state index contributed by atoms with van der Waals surface area (Å²) in [4.78, 5) is 42.7. The number of aliphatic imine (C=N–C) groups is 1. The zero-order valence-corrected chi connectivity index (χ0v) is 25.0. The Bertz CT molecular complexity index is 1420. The van der Waals surface area contributed by atoms with Crippen LogP contribution in [0.4, 0.5) is 10.5 Å². The third-order valence-electron chi connectivity index (χ3n) is 5.37. The molecule has 212 valence electrons. The monoisotopic (exact) mass is 585 g/mol. The van der Waals surface area contributed by atoms with E-state index in [-0.39, 0.29) is 18.4 Å². The van der Waals surface area contributed by atoms with Gasteiger partial charge in [0, 0.05) is 17.4 Å². The number of alkyl carbamates (subject to hydrolysis) is 1. The lowest BCUT2D eigenvalue weighted by Crippen LogP contribution is -2.46. The van der Waals surface area contributed by atoms with Gasteiger partial charge in [-0.1, -0.05) is 17.7 Å². The Hall–Kier alpha value is -3.96. The molecular weight excluding hydrogens is 554 g/mol. The van der Waals surface area contributed by atoms with Crippen LogP contribution in [0.3, 0.4) is 0 Å². The van der Waals surface area contributed by atoms with Gasteiger partial charge in [-0.25, -0.2) is 9.79 Å². The minimum atomic E-state index is -0.780. The number of carbonyl (C=O) groups is 3. The fourth-order valence-electron chi connectivity index (χ4n) is 3.68. The highest BCUT2D eigenvalue weighted by molar-refractivity contribution is 7.06. The van der Waals surface area contributed by atoms with Crippen molar-refractivity contribution in [3.05, 3.63) is 63.0 Å². The van der Waals surface area contributed by atoms with Crippen LogP contribution in [-0.4, -0.2) is 41.0 Å². The van der Waals surface area contributed by atoms with Crippen LogP contribution in [0, 0.1) is 13.8 Å². The quantitative estimate of drug-likeness (QED) is 0.245. The lowest BCUT2D eigenvalue weighted by atomic mass is 10.1. The van der Waals surface area contributed by atoms with Gasteiger partial charge in [0.1, 0.15) is 11.4 Å². The number of ether oxygens (including phenoxy) is 2. The van der Waals surface area contributed by atoms with E-state index >= 15 is 0 Å². The van der Waals surface area contributed by atoms with Crippen LogP contribution in [0.15, 0.2) is 41.4 Å². The molecule has 3 aromatic rings. The summed E-state index contributed by atoms with van der Waals surface area (Å²) < 4.78 is 15.0. The number of aromatic nitrogens is 1. The first-order valence-corrected chi connectivity index (χ1v) is 13.5. The molecule has 2 aromatic carbocycles. The number of hydrogen-bond donors (Lipinski definition) is 3. The number of hydrogen-bond acceptors (Lipinski definition) is 8. The van der Waals surface area contributed by atoms with Crippen molar-refractivity contribution in [2.45, 2.75) is 53.7 Å². The average molecular weight is 586 g/mol. The van der Waals surface area contributed by atoms with E-state index in [4.69, 9.17) is 21.1 Å². The van der Waals surface area contributed by atoms with Gasteiger partial charge in [-0.3, -0.25) is 20.2 Å². The molecule has 0 bridgehead atoms. The number of methoxy groups -OCH3 is 1. The predicted molar refractivity (Wildman–Crippen MR) is 157 cm³/mol. The number of nitrogens with zero attached hydrogens (tertiary/aromatic N) is 2. The van der Waals surface area contributed by atoms with Crippen LogP contribution in [0.2, 0.25) is 5.02 Å². The van der Waals surface area contributed by atoms with Crippen molar-refractivity contribution in [1.82, 2.24) is 15.0 Å². The van der Waals surface area contributed by atoms with E-state index in [0.29, 0.717) is 38.2 Å². The van der Waals surface area contributed by atoms with Gasteiger partial charge < -0.3 is 14.8 Å². The van der Waals surface area contributed by atoms with Gasteiger partial charge in [-0.2, -0.15) is 4.37 Å². The van der Waals surface area contributed by atoms with Crippen LogP contribution in [-0.2, 0) is 16.1 Å². The molecule has 0 aliphatic carbocycles. The van der Waals surface area contributed by atoms with Crippen molar-refractivity contribution in [1.29, 1.82) is 0 Å². The van der Waals surface area contributed by atoms with E-state index in [1.807, 2.05) is 18.2 Å². The number of halogens is 1. The molecule has 0 atom stereocenters. The number of rotatable bonds is 6. The molecule has 0 unspecified atom stereocenters. The molecular formula is C28H32ClN5O5S. The minimum absolute atomic E-state index is 0.0680. The van der Waals surface area contributed by atoms with Crippen molar-refractivity contribution in [2.24, 2.45) is 4.99 Å². The van der Waals surface area contributed by atoms with E-state index in [9.17, 15) is 14.4 Å². The summed E-state index contributed by atoms with van der Waals surface area (Å²) in [5.74, 6) is -0.167. The number of aryl methyl sites for hydroxylation is 2. The first kappa shape index (κ1) is 30.6. The summed E-state index contributed by atoms with van der Waals surface area (Å²) in [6.45, 7) is 10.2. The second-order valence-electron chi connectivity index (χ2n) is 9.89. The maximum Gasteiger partial charge on any atom is 0.414 e. The molecule has 1 aromatic heterocycles. The van der Waals surface area contributed by atoms with Gasteiger partial charge in [0.15, 0.2) is 0 Å². The first-order chi connectivity index (χ1) is 18.8. The molecule has 12 heteroatoms. The maximum atomic E-state index is 13.5. The van der Waals surface area contributed by atoms with Crippen molar-refractivity contribution >= 4 is 52.7 Å². The number of benzene rings is 2. The SMILES string of the molecule is COc1ccc(-c2nsc(C)c2C(=O)NC(=NCc2cc(C)c(NC(C)=O)c(Cl)c2)NC(=O)OC(C)(C)C)cc1. The summed E-state index contributed by atoms with van der Waals surface area (Å²) in [6.07, 6.45) is -0.780. The number of carbonyl (C=O) groups excluding carboxylic acids is 3. The smallest absolute Gasteiger partial charge is 0.414 e. The van der Waals surface area contributed by atoms with E-state index in [0.717, 1.165) is 11.1 Å². The van der Waals surface area contributed by atoms with Gasteiger partial charge in [-0.05, 0) is 87.6 Å². The summed E-state index contributed by atoms with van der Waals surface area (Å²) in [7, 11) is 1.58. The minimum Gasteiger partial charge on any atom is -0.497 e. The van der Waals surface area contributed by atoms with Crippen LogP contribution in [0.1, 0.15) is 54.1 Å². The predicted octanol–water partition coefficient (Wildman–Crippen LogP) is 5.86. The summed E-state index contributed by atoms with van der Waals surface area (Å²) >= 11 is 7.57. The molecule has 0 fully saturated rings. The summed E-state index contributed by atoms with van der Waals surface area (Å²) in [6, 6.07) is 10.7. The normalized spacial score (nSPS) is 11.6. The standard InChI is InChI=1S/C28H32ClN5O5S/c1-15-12-18(13-21(29)23(15)31-17(3)35)14-30-26(33-27(37)39-28(4,5)6)32-25(36)22-16(2)40-34-24(22)19-8-10-20(38-7)11-9-19/h8-13H,14H2,1-7H3,(H,31,35)(H2,30,32,33,36,37). The third kappa shape index (κ3) is 8.27. The van der Waals surface area contributed by atoms with Gasteiger partial charge in [-0.15, -0.1) is 0 Å². The zero-order chi connectivity index (χ0) is 29.6. The Balaban J connectivity index is 1.91. The topological polar surface area (TPSA) is 131 Å². The molecule has 0 spiro atoms. The molecule has 0 aliphatic rings. The molecule has 10 nitrogen and oxygen atoms in total. The van der Waals surface area contributed by atoms with Gasteiger partial charge >= 0.3 is 6.09 Å². The fraction of sp³-hybridized carbons (Fsp3) is 0.321. The zero-order valence-electron chi connectivity index (χ0n) is 23.4. The highest BCUT2D eigenvalue weighted by Gasteiger charge is 2.23. The number of anilines is 1. The Kier molecular flexibility index (Phi) is 9.88. The van der Waals surface area contributed by atoms with Crippen LogP contribution in [0.5, 0.6) is 5.75 Å². The third-order valence-corrected chi connectivity index (χ3v) is 6.42. The Morgan fingerprint density at radius 2 is 1.75 bits per heavy atom. The molecule has 0 saturated heterocycles. The summed E-state index contributed by atoms with van der Waals surface area (Å²) in [5.41, 5.74) is 2.76. The molecule has 3 rings (SSSR count). The highest BCUT2D eigenvalue weighted by Crippen LogP contribution is 2.30. The van der Waals surface area contributed by atoms with Crippen LogP contribution < -0.4 is 20.7 Å². The number of guanidine groups is 1. The largest absolute Gasteiger partial charge is 0.497 e. The fourth-order valence-corrected chi connectivity index (χ4v) is 4.72. The van der Waals surface area contributed by atoms with E-state index in [2.05, 4.69) is 25.3 Å². The van der Waals surface area contributed by atoms with E-state index in [1.54, 1.807) is 59.9 Å². The second-order valence-corrected chi connectivity index (χ2v) is 11.3. The molecule has 3 amide bonds. The molecule has 3 N–H and O–H groups in total. The maximum absolute atomic E-state index is 13.5. The lowest BCUT2D eigenvalue weighted by Gasteiger charge is -2.20. The van der Waals surface area contributed by atoms with Crippen molar-refractivity contribution in [2.75, 3.05) is 12.4 Å². The van der Waals surface area contributed by atoms with Crippen molar-refractivity contribution in [3.63, 3.8) is 0 Å². The van der Waals surface area contributed by atoms with Crippen molar-refractivity contribution < 1.29 is 23.9 Å². The number of nitrogens with one attached hydrogen (secondary N) is 3. The Morgan fingerprint density at radius 3 is 2.33 bits per heavy atom. The van der Waals surface area contributed by atoms with Gasteiger partial charge in [0.2, 0.25) is 11.9 Å². The second kappa shape index (κ2) is 12.9. The summed E-state index contributed by atoms with van der Waals surface area (Å²) in [5, 5.41) is 8.28. The van der Waals surface area contributed by atoms with Crippen molar-refractivity contribution in [3.8, 4) is 17.0 Å². The lowest BCUT2D eigenvalue weighted by molar-refractivity contribution is -0.114. The van der Waals surface area contributed by atoms with Crippen LogP contribution >= 0.6 is 23.1 Å². The first-order valence-electron chi connectivity index (χ1n) is 12.3. The van der Waals surface area contributed by atoms with Gasteiger partial charge in [0.25, 0.3) is 5.91 Å². The van der Waals surface area contributed by atoms with E-state index in [1.165, 1.54) is 18.5 Å². The Labute approximate surface area is 242 Å².